The van der Waals surface area contributed by atoms with E-state index in [0.717, 1.165) is 29.1 Å². The lowest BCUT2D eigenvalue weighted by molar-refractivity contribution is -0.140. The monoisotopic (exact) mass is 636 g/mol. The Labute approximate surface area is 254 Å². The summed E-state index contributed by atoms with van der Waals surface area (Å²) in [5, 5.41) is 5.67. The summed E-state index contributed by atoms with van der Waals surface area (Å²) >= 11 is 0. The molecule has 1 aromatic heterocycles. The summed E-state index contributed by atoms with van der Waals surface area (Å²) in [5.74, 6) is -1.05. The van der Waals surface area contributed by atoms with Crippen molar-refractivity contribution in [2.24, 2.45) is 0 Å². The standard InChI is InChI=1S/C29H35F3N6O5S/c1-37(2)14-8-13-33-26(39)19-11-12-22(23(16-19)42-4)35-28-34-17-21(29(30,31)32)27(36-28)43-24-15-18-9-6-7-10-20(18)25(24)38(3)44(5,40)41/h6-7,9-12,16-17,24-25H,8,13-15H2,1-5H3,(H,33,39)(H,34,35,36)/t24-,25-/m1/s1. The highest BCUT2D eigenvalue weighted by molar-refractivity contribution is 7.88. The molecule has 0 radical (unpaired) electrons. The second kappa shape index (κ2) is 13.4. The van der Waals surface area contributed by atoms with Crippen LogP contribution in [0.2, 0.25) is 0 Å². The molecule has 11 nitrogen and oxygen atoms in total. The van der Waals surface area contributed by atoms with E-state index in [9.17, 15) is 26.4 Å². The molecule has 1 aliphatic carbocycles. The number of methoxy groups -OCH3 is 1. The van der Waals surface area contributed by atoms with Gasteiger partial charge in [-0.25, -0.2) is 13.4 Å². The minimum atomic E-state index is -4.85. The number of halogens is 3. The molecule has 0 spiro atoms. The van der Waals surface area contributed by atoms with Gasteiger partial charge in [-0.3, -0.25) is 4.79 Å². The van der Waals surface area contributed by atoms with Crippen LogP contribution < -0.4 is 20.1 Å². The fourth-order valence-corrected chi connectivity index (χ4v) is 5.55. The van der Waals surface area contributed by atoms with Crippen LogP contribution >= 0.6 is 0 Å². The average Bonchev–Trinajstić information content (AvgIpc) is 3.31. The maximum Gasteiger partial charge on any atom is 0.423 e. The van der Waals surface area contributed by atoms with Gasteiger partial charge in [0, 0.05) is 31.8 Å². The Morgan fingerprint density at radius 1 is 1.14 bits per heavy atom. The summed E-state index contributed by atoms with van der Waals surface area (Å²) in [7, 11) is 2.90. The maximum atomic E-state index is 14.0. The summed E-state index contributed by atoms with van der Waals surface area (Å²) in [6.07, 6.45) is -3.30. The molecule has 238 valence electrons. The van der Waals surface area contributed by atoms with Crippen molar-refractivity contribution in [1.29, 1.82) is 0 Å². The largest absolute Gasteiger partial charge is 0.495 e. The van der Waals surface area contributed by atoms with Crippen molar-refractivity contribution in [3.8, 4) is 11.6 Å². The van der Waals surface area contributed by atoms with Gasteiger partial charge in [0.25, 0.3) is 5.91 Å². The third kappa shape index (κ3) is 7.76. The van der Waals surface area contributed by atoms with Gasteiger partial charge in [0.05, 0.1) is 25.1 Å². The van der Waals surface area contributed by atoms with Gasteiger partial charge in [-0.1, -0.05) is 24.3 Å². The average molecular weight is 637 g/mol. The number of benzene rings is 2. The zero-order valence-electron chi connectivity index (χ0n) is 25.0. The number of carbonyl (C=O) groups excluding carboxylic acids is 1. The molecule has 1 aliphatic rings. The highest BCUT2D eigenvalue weighted by atomic mass is 32.2. The number of sulfonamides is 1. The van der Waals surface area contributed by atoms with Crippen molar-refractivity contribution in [3.63, 3.8) is 0 Å². The van der Waals surface area contributed by atoms with Crippen LogP contribution in [0.3, 0.4) is 0 Å². The number of fused-ring (bicyclic) bond motifs is 1. The molecule has 2 atom stereocenters. The Hall–Kier alpha value is -3.95. The molecule has 44 heavy (non-hydrogen) atoms. The van der Waals surface area contributed by atoms with E-state index in [4.69, 9.17) is 9.47 Å². The number of amides is 1. The van der Waals surface area contributed by atoms with E-state index in [1.54, 1.807) is 24.3 Å². The van der Waals surface area contributed by atoms with Crippen molar-refractivity contribution in [2.75, 3.05) is 52.9 Å². The second-order valence-corrected chi connectivity index (χ2v) is 12.7. The van der Waals surface area contributed by atoms with Crippen LogP contribution in [-0.4, -0.2) is 87.2 Å². The number of hydrogen-bond donors (Lipinski definition) is 2. The number of carbonyl (C=O) groups is 1. The van der Waals surface area contributed by atoms with Gasteiger partial charge < -0.3 is 25.0 Å². The van der Waals surface area contributed by atoms with E-state index in [1.807, 2.05) is 19.0 Å². The van der Waals surface area contributed by atoms with Crippen LogP contribution in [-0.2, 0) is 22.6 Å². The Balaban J connectivity index is 1.60. The molecule has 0 aliphatic heterocycles. The first-order valence-corrected chi connectivity index (χ1v) is 15.5. The number of aromatic nitrogens is 2. The van der Waals surface area contributed by atoms with Crippen LogP contribution in [0.15, 0.2) is 48.7 Å². The number of hydrogen-bond acceptors (Lipinski definition) is 9. The number of rotatable bonds is 12. The van der Waals surface area contributed by atoms with E-state index in [2.05, 4.69) is 20.6 Å². The zero-order valence-corrected chi connectivity index (χ0v) is 25.8. The fraction of sp³-hybridized carbons (Fsp3) is 0.414. The molecular weight excluding hydrogens is 601 g/mol. The van der Waals surface area contributed by atoms with Crippen molar-refractivity contribution in [3.05, 3.63) is 70.9 Å². The normalized spacial score (nSPS) is 16.6. The van der Waals surface area contributed by atoms with E-state index in [-0.39, 0.29) is 24.0 Å². The smallest absolute Gasteiger partial charge is 0.423 e. The van der Waals surface area contributed by atoms with Gasteiger partial charge in [-0.05, 0) is 56.4 Å². The minimum Gasteiger partial charge on any atom is -0.495 e. The predicted octanol–water partition coefficient (Wildman–Crippen LogP) is 3.87. The van der Waals surface area contributed by atoms with E-state index in [0.29, 0.717) is 29.6 Å². The summed E-state index contributed by atoms with van der Waals surface area (Å²) in [6, 6.07) is 10.7. The number of ether oxygens (including phenoxy) is 2. The lowest BCUT2D eigenvalue weighted by Crippen LogP contribution is -2.38. The van der Waals surface area contributed by atoms with Crippen LogP contribution in [0.25, 0.3) is 0 Å². The number of anilines is 2. The number of likely N-dealkylation sites (N-methyl/N-ethyl adjacent to an activating group) is 1. The lowest BCUT2D eigenvalue weighted by atomic mass is 10.1. The summed E-state index contributed by atoms with van der Waals surface area (Å²) in [6.45, 7) is 1.29. The Morgan fingerprint density at radius 3 is 2.52 bits per heavy atom. The molecule has 0 saturated heterocycles. The molecule has 0 saturated carbocycles. The SMILES string of the molecule is COc1cc(C(=O)NCCCN(C)C)ccc1Nc1ncc(C(F)(F)F)c(O[C@@H]2Cc3ccccc3[C@H]2N(C)S(C)(=O)=O)n1. The lowest BCUT2D eigenvalue weighted by Gasteiger charge is -2.29. The molecule has 2 N–H and O–H groups in total. The van der Waals surface area contributed by atoms with E-state index in [1.165, 1.54) is 32.4 Å². The van der Waals surface area contributed by atoms with Crippen LogP contribution in [0.1, 0.15) is 39.5 Å². The Kier molecular flexibility index (Phi) is 10.0. The summed E-state index contributed by atoms with van der Waals surface area (Å²) < 4.78 is 79.4. The quantitative estimate of drug-likeness (QED) is 0.285. The first-order chi connectivity index (χ1) is 20.7. The summed E-state index contributed by atoms with van der Waals surface area (Å²) in [4.78, 5) is 22.5. The van der Waals surface area contributed by atoms with Crippen molar-refractivity contribution in [2.45, 2.75) is 31.2 Å². The topological polar surface area (TPSA) is 126 Å². The van der Waals surface area contributed by atoms with Gasteiger partial charge in [-0.15, -0.1) is 0 Å². The fourth-order valence-electron chi connectivity index (χ4n) is 4.89. The molecule has 1 heterocycles. The van der Waals surface area contributed by atoms with Gasteiger partial charge >= 0.3 is 6.18 Å². The first-order valence-electron chi connectivity index (χ1n) is 13.7. The molecule has 2 aromatic carbocycles. The highest BCUT2D eigenvalue weighted by Gasteiger charge is 2.43. The molecule has 0 bridgehead atoms. The first kappa shape index (κ1) is 33.0. The molecular formula is C29H35F3N6O5S. The van der Waals surface area contributed by atoms with Crippen LogP contribution in [0.4, 0.5) is 24.8 Å². The van der Waals surface area contributed by atoms with Gasteiger partial charge in [0.2, 0.25) is 21.9 Å². The van der Waals surface area contributed by atoms with Crippen LogP contribution in [0, 0.1) is 0 Å². The number of nitrogens with zero attached hydrogens (tertiary/aromatic N) is 4. The minimum absolute atomic E-state index is 0.164. The van der Waals surface area contributed by atoms with Gasteiger partial charge in [0.1, 0.15) is 17.4 Å². The molecule has 3 aromatic rings. The van der Waals surface area contributed by atoms with E-state index >= 15 is 0 Å². The molecule has 4 rings (SSSR count). The molecule has 0 fully saturated rings. The van der Waals surface area contributed by atoms with Gasteiger partial charge in [-0.2, -0.15) is 22.5 Å². The van der Waals surface area contributed by atoms with Crippen LogP contribution in [0.5, 0.6) is 11.6 Å². The molecule has 0 unspecified atom stereocenters. The molecule has 1 amide bonds. The Morgan fingerprint density at radius 2 is 1.86 bits per heavy atom. The maximum absolute atomic E-state index is 14.0. The molecule has 15 heteroatoms. The highest BCUT2D eigenvalue weighted by Crippen LogP contribution is 2.42. The van der Waals surface area contributed by atoms with Gasteiger partial charge in [0.15, 0.2) is 0 Å². The summed E-state index contributed by atoms with van der Waals surface area (Å²) in [5.41, 5.74) is 0.804. The van der Waals surface area contributed by atoms with Crippen molar-refractivity contribution < 1.29 is 35.9 Å². The van der Waals surface area contributed by atoms with Crippen molar-refractivity contribution in [1.82, 2.24) is 24.5 Å². The third-order valence-corrected chi connectivity index (χ3v) is 8.44. The zero-order chi connectivity index (χ0) is 32.2. The second-order valence-electron chi connectivity index (χ2n) is 10.6. The van der Waals surface area contributed by atoms with Crippen molar-refractivity contribution >= 4 is 27.6 Å². The van der Waals surface area contributed by atoms with E-state index < -0.39 is 39.8 Å². The Bertz CT molecular complexity index is 1600. The number of alkyl halides is 3. The third-order valence-electron chi connectivity index (χ3n) is 7.16. The predicted molar refractivity (Wildman–Crippen MR) is 159 cm³/mol. The number of nitrogens with one attached hydrogen (secondary N) is 2.